The van der Waals surface area contributed by atoms with E-state index in [2.05, 4.69) is 10.3 Å². The van der Waals surface area contributed by atoms with Gasteiger partial charge in [0.2, 0.25) is 5.91 Å². The van der Waals surface area contributed by atoms with Crippen LogP contribution < -0.4 is 26.0 Å². The molecule has 2 heterocycles. The van der Waals surface area contributed by atoms with Crippen molar-refractivity contribution in [1.82, 2.24) is 14.9 Å². The lowest BCUT2D eigenvalue weighted by molar-refractivity contribution is -0.121. The Hall–Kier alpha value is -2.81. The minimum Gasteiger partial charge on any atom is -0.493 e. The Morgan fingerprint density at radius 2 is 2.00 bits per heavy atom. The molecular weight excluding hydrogens is 378 g/mol. The van der Waals surface area contributed by atoms with Gasteiger partial charge < -0.3 is 24.5 Å². The predicted molar refractivity (Wildman–Crippen MR) is 108 cm³/mol. The molecule has 1 atom stereocenters. The maximum absolute atomic E-state index is 12.7. The van der Waals surface area contributed by atoms with E-state index in [-0.39, 0.29) is 18.6 Å². The average molecular weight is 405 g/mol. The zero-order valence-electron chi connectivity index (χ0n) is 16.8. The predicted octanol–water partition coefficient (Wildman–Crippen LogP) is 1.17. The number of methoxy groups -OCH3 is 2. The van der Waals surface area contributed by atoms with Crippen molar-refractivity contribution < 1.29 is 19.0 Å². The first-order chi connectivity index (χ1) is 14.0. The van der Waals surface area contributed by atoms with Crippen LogP contribution in [0.15, 0.2) is 21.7 Å². The summed E-state index contributed by atoms with van der Waals surface area (Å²) in [4.78, 5) is 39.7. The number of unbranched alkanes of at least 4 members (excludes halogenated alkanes) is 1. The zero-order valence-corrected chi connectivity index (χ0v) is 16.8. The first-order valence-electron chi connectivity index (χ1n) is 9.80. The van der Waals surface area contributed by atoms with Gasteiger partial charge in [-0.25, -0.2) is 4.79 Å². The van der Waals surface area contributed by atoms with Gasteiger partial charge >= 0.3 is 5.69 Å². The number of hydrogen-bond donors (Lipinski definition) is 2. The van der Waals surface area contributed by atoms with Crippen molar-refractivity contribution in [3.63, 3.8) is 0 Å². The number of nitrogens with zero attached hydrogens (tertiary/aromatic N) is 1. The first kappa shape index (κ1) is 20.9. The van der Waals surface area contributed by atoms with Gasteiger partial charge in [0.1, 0.15) is 0 Å². The van der Waals surface area contributed by atoms with Crippen LogP contribution in [0.1, 0.15) is 32.1 Å². The van der Waals surface area contributed by atoms with E-state index in [1.165, 1.54) is 14.2 Å². The van der Waals surface area contributed by atoms with Gasteiger partial charge in [0.25, 0.3) is 5.56 Å². The second kappa shape index (κ2) is 9.60. The molecule has 9 nitrogen and oxygen atoms in total. The largest absolute Gasteiger partial charge is 0.493 e. The number of nitrogens with one attached hydrogen (secondary N) is 2. The first-order valence-corrected chi connectivity index (χ1v) is 9.80. The highest BCUT2D eigenvalue weighted by Gasteiger charge is 2.16. The fraction of sp³-hybridized carbons (Fsp3) is 0.550. The van der Waals surface area contributed by atoms with Gasteiger partial charge in [-0.3, -0.25) is 14.2 Å². The molecular formula is C20H27N3O6. The third-order valence-electron chi connectivity index (χ3n) is 5.07. The van der Waals surface area contributed by atoms with Gasteiger partial charge in [-0.05, 0) is 31.7 Å². The van der Waals surface area contributed by atoms with Crippen molar-refractivity contribution in [3.8, 4) is 11.5 Å². The molecule has 0 saturated carbocycles. The smallest absolute Gasteiger partial charge is 0.328 e. The average Bonchev–Trinajstić information content (AvgIpc) is 3.24. The molecule has 1 fully saturated rings. The van der Waals surface area contributed by atoms with Crippen LogP contribution in [0.3, 0.4) is 0 Å². The third kappa shape index (κ3) is 4.97. The highest BCUT2D eigenvalue weighted by molar-refractivity contribution is 5.81. The van der Waals surface area contributed by atoms with E-state index in [1.807, 2.05) is 0 Å². The van der Waals surface area contributed by atoms with E-state index < -0.39 is 11.2 Å². The summed E-state index contributed by atoms with van der Waals surface area (Å²) >= 11 is 0. The summed E-state index contributed by atoms with van der Waals surface area (Å²) in [5, 5.41) is 3.21. The summed E-state index contributed by atoms with van der Waals surface area (Å²) < 4.78 is 17.1. The van der Waals surface area contributed by atoms with E-state index in [0.717, 1.165) is 24.0 Å². The van der Waals surface area contributed by atoms with Crippen molar-refractivity contribution in [2.45, 2.75) is 44.8 Å². The van der Waals surface area contributed by atoms with E-state index in [0.29, 0.717) is 48.2 Å². The van der Waals surface area contributed by atoms with Crippen molar-refractivity contribution in [2.24, 2.45) is 0 Å². The second-order valence-electron chi connectivity index (χ2n) is 7.04. The number of H-pyrrole nitrogens is 1. The molecule has 158 valence electrons. The van der Waals surface area contributed by atoms with Crippen molar-refractivity contribution in [1.29, 1.82) is 0 Å². The van der Waals surface area contributed by atoms with Crippen LogP contribution in [0.5, 0.6) is 11.5 Å². The molecule has 1 amide bonds. The monoisotopic (exact) mass is 405 g/mol. The Morgan fingerprint density at radius 1 is 1.24 bits per heavy atom. The van der Waals surface area contributed by atoms with E-state index in [4.69, 9.17) is 14.2 Å². The Morgan fingerprint density at radius 3 is 2.69 bits per heavy atom. The molecule has 0 spiro atoms. The van der Waals surface area contributed by atoms with Gasteiger partial charge in [0, 0.05) is 32.2 Å². The summed E-state index contributed by atoms with van der Waals surface area (Å²) in [6.07, 6.45) is 3.59. The highest BCUT2D eigenvalue weighted by atomic mass is 16.5. The van der Waals surface area contributed by atoms with Crippen LogP contribution in [0, 0.1) is 0 Å². The minimum atomic E-state index is -0.488. The molecule has 3 rings (SSSR count). The fourth-order valence-corrected chi connectivity index (χ4v) is 3.46. The Kier molecular flexibility index (Phi) is 6.92. The Balaban J connectivity index is 1.60. The number of hydrogen-bond acceptors (Lipinski definition) is 6. The van der Waals surface area contributed by atoms with Crippen LogP contribution in [0.4, 0.5) is 0 Å². The topological polar surface area (TPSA) is 112 Å². The lowest BCUT2D eigenvalue weighted by Gasteiger charge is -2.11. The number of rotatable bonds is 9. The summed E-state index contributed by atoms with van der Waals surface area (Å²) in [5.74, 6) is 0.803. The summed E-state index contributed by atoms with van der Waals surface area (Å²) in [7, 11) is 2.97. The number of aromatic nitrogens is 2. The summed E-state index contributed by atoms with van der Waals surface area (Å²) in [5.41, 5.74) is -0.493. The fourth-order valence-electron chi connectivity index (χ4n) is 3.46. The lowest BCUT2D eigenvalue weighted by atomic mass is 10.2. The molecule has 9 heteroatoms. The standard InChI is InChI=1S/C20H27N3O6/c1-27-16-10-14-15(11-17(16)28-2)22-20(26)23(19(14)25)8-4-3-7-18(24)21-12-13-6-5-9-29-13/h10-11,13H,3-9,12H2,1-2H3,(H,21,24)(H,22,26). The van der Waals surface area contributed by atoms with Crippen molar-refractivity contribution in [3.05, 3.63) is 33.0 Å². The molecule has 0 radical (unpaired) electrons. The lowest BCUT2D eigenvalue weighted by Crippen LogP contribution is -2.35. The van der Waals surface area contributed by atoms with Gasteiger partial charge in [0.15, 0.2) is 11.5 Å². The van der Waals surface area contributed by atoms with Crippen LogP contribution >= 0.6 is 0 Å². The molecule has 1 aromatic heterocycles. The summed E-state index contributed by atoms with van der Waals surface area (Å²) in [6.45, 7) is 1.53. The molecule has 1 unspecified atom stereocenters. The normalized spacial score (nSPS) is 16.1. The quantitative estimate of drug-likeness (QED) is 0.606. The van der Waals surface area contributed by atoms with Crippen LogP contribution in [0.2, 0.25) is 0 Å². The molecule has 2 N–H and O–H groups in total. The third-order valence-corrected chi connectivity index (χ3v) is 5.07. The Bertz CT molecular complexity index is 975. The number of aromatic amines is 1. The Labute approximate surface area is 168 Å². The molecule has 1 aromatic carbocycles. The van der Waals surface area contributed by atoms with Gasteiger partial charge in [-0.2, -0.15) is 0 Å². The molecule has 2 aromatic rings. The van der Waals surface area contributed by atoms with Crippen LogP contribution in [-0.2, 0) is 16.1 Å². The van der Waals surface area contributed by atoms with Gasteiger partial charge in [-0.1, -0.05) is 0 Å². The summed E-state index contributed by atoms with van der Waals surface area (Å²) in [6, 6.07) is 3.13. The second-order valence-corrected chi connectivity index (χ2v) is 7.04. The van der Waals surface area contributed by atoms with E-state index >= 15 is 0 Å². The number of fused-ring (bicyclic) bond motifs is 1. The maximum atomic E-state index is 12.7. The maximum Gasteiger partial charge on any atom is 0.328 e. The molecule has 0 bridgehead atoms. The van der Waals surface area contributed by atoms with Crippen LogP contribution in [-0.4, -0.2) is 48.9 Å². The molecule has 1 aliphatic heterocycles. The molecule has 29 heavy (non-hydrogen) atoms. The van der Waals surface area contributed by atoms with Gasteiger partial charge in [-0.15, -0.1) is 0 Å². The SMILES string of the molecule is COc1cc2[nH]c(=O)n(CCCCC(=O)NCC3CCCO3)c(=O)c2cc1OC. The highest BCUT2D eigenvalue weighted by Crippen LogP contribution is 2.29. The van der Waals surface area contributed by atoms with Crippen LogP contribution in [0.25, 0.3) is 10.9 Å². The van der Waals surface area contributed by atoms with E-state index in [9.17, 15) is 14.4 Å². The van der Waals surface area contributed by atoms with Crippen molar-refractivity contribution >= 4 is 16.8 Å². The number of carbonyl (C=O) groups excluding carboxylic acids is 1. The molecule has 1 aliphatic rings. The number of amides is 1. The number of benzene rings is 1. The zero-order chi connectivity index (χ0) is 20.8. The van der Waals surface area contributed by atoms with Crippen molar-refractivity contribution in [2.75, 3.05) is 27.4 Å². The molecule has 0 aliphatic carbocycles. The minimum absolute atomic E-state index is 0.0444. The number of carbonyl (C=O) groups is 1. The van der Waals surface area contributed by atoms with Gasteiger partial charge in [0.05, 0.1) is 31.2 Å². The number of ether oxygens (including phenoxy) is 3. The molecule has 1 saturated heterocycles. The van der Waals surface area contributed by atoms with E-state index in [1.54, 1.807) is 12.1 Å².